The van der Waals surface area contributed by atoms with E-state index < -0.39 is 5.97 Å². The number of hydrogen-bond acceptors (Lipinski definition) is 2. The minimum Gasteiger partial charge on any atom is -0.478 e. The molecule has 3 nitrogen and oxygen atoms in total. The molecule has 92 valence electrons. The number of anilines is 1. The van der Waals surface area contributed by atoms with Crippen LogP contribution in [0.15, 0.2) is 28.3 Å². The smallest absolute Gasteiger partial charge is 0.331 e. The van der Waals surface area contributed by atoms with Crippen molar-refractivity contribution in [3.8, 4) is 0 Å². The van der Waals surface area contributed by atoms with Crippen LogP contribution >= 0.6 is 15.9 Å². The Morgan fingerprint density at radius 1 is 1.59 bits per heavy atom. The van der Waals surface area contributed by atoms with Gasteiger partial charge in [-0.2, -0.15) is 0 Å². The highest BCUT2D eigenvalue weighted by molar-refractivity contribution is 9.10. The van der Waals surface area contributed by atoms with Gasteiger partial charge in [-0.05, 0) is 47.5 Å². The number of benzene rings is 1. The second kappa shape index (κ2) is 5.82. The minimum absolute atomic E-state index is 0.274. The van der Waals surface area contributed by atoms with Gasteiger partial charge in [-0.3, -0.25) is 0 Å². The largest absolute Gasteiger partial charge is 0.478 e. The van der Waals surface area contributed by atoms with Gasteiger partial charge in [0, 0.05) is 17.8 Å². The van der Waals surface area contributed by atoms with Crippen molar-refractivity contribution in [2.45, 2.75) is 13.8 Å². The molecule has 0 radical (unpaired) electrons. The Morgan fingerprint density at radius 3 is 2.82 bits per heavy atom. The third kappa shape index (κ3) is 3.85. The summed E-state index contributed by atoms with van der Waals surface area (Å²) in [5, 5.41) is 11.7. The van der Waals surface area contributed by atoms with E-state index >= 15 is 0 Å². The normalized spacial score (nSPS) is 11.4. The second-order valence-electron chi connectivity index (χ2n) is 3.65. The fourth-order valence-corrected chi connectivity index (χ4v) is 1.58. The molecule has 0 aliphatic carbocycles. The van der Waals surface area contributed by atoms with Gasteiger partial charge in [-0.15, -0.1) is 0 Å². The first-order valence-corrected chi connectivity index (χ1v) is 5.80. The van der Waals surface area contributed by atoms with Gasteiger partial charge >= 0.3 is 5.97 Å². The van der Waals surface area contributed by atoms with Gasteiger partial charge in [-0.1, -0.05) is 6.08 Å². The van der Waals surface area contributed by atoms with Crippen LogP contribution in [-0.4, -0.2) is 17.6 Å². The Kier molecular flexibility index (Phi) is 4.69. The maximum Gasteiger partial charge on any atom is 0.331 e. The topological polar surface area (TPSA) is 49.3 Å². The number of carbonyl (C=O) groups is 1. The summed E-state index contributed by atoms with van der Waals surface area (Å²) in [5.41, 5.74) is 1.82. The summed E-state index contributed by atoms with van der Waals surface area (Å²) in [4.78, 5) is 10.6. The average Bonchev–Trinajstić information content (AvgIpc) is 2.25. The van der Waals surface area contributed by atoms with E-state index in [1.165, 1.54) is 13.0 Å². The fraction of sp³-hybridized carbons (Fsp3) is 0.250. The Labute approximate surface area is 107 Å². The third-order valence-corrected chi connectivity index (χ3v) is 2.91. The summed E-state index contributed by atoms with van der Waals surface area (Å²) in [6, 6.07) is 3.05. The van der Waals surface area contributed by atoms with Gasteiger partial charge in [0.15, 0.2) is 0 Å². The van der Waals surface area contributed by atoms with Crippen LogP contribution in [-0.2, 0) is 4.79 Å². The van der Waals surface area contributed by atoms with E-state index in [2.05, 4.69) is 21.2 Å². The average molecular weight is 302 g/mol. The number of aryl methyl sites for hydroxylation is 1. The highest BCUT2D eigenvalue weighted by Crippen LogP contribution is 2.24. The molecule has 0 bridgehead atoms. The van der Waals surface area contributed by atoms with E-state index in [0.717, 1.165) is 11.3 Å². The second-order valence-corrected chi connectivity index (χ2v) is 4.51. The molecule has 5 heteroatoms. The van der Waals surface area contributed by atoms with Crippen LogP contribution in [0.4, 0.5) is 10.1 Å². The van der Waals surface area contributed by atoms with Crippen LogP contribution in [0.2, 0.25) is 0 Å². The zero-order valence-electron chi connectivity index (χ0n) is 9.55. The lowest BCUT2D eigenvalue weighted by molar-refractivity contribution is -0.132. The monoisotopic (exact) mass is 301 g/mol. The van der Waals surface area contributed by atoms with Crippen molar-refractivity contribution in [2.24, 2.45) is 0 Å². The standard InChI is InChI=1S/C12H13BrFNO2/c1-7(12(16)17)3-4-15-11-6-9(13)10(14)5-8(11)2/h3,5-6,15H,4H2,1-2H3,(H,16,17)/b7-3-. The number of aliphatic carboxylic acids is 1. The first-order chi connectivity index (χ1) is 7.91. The SMILES string of the molecule is C/C(=C/CNc1cc(Br)c(F)cc1C)C(=O)O. The number of nitrogens with one attached hydrogen (secondary N) is 1. The summed E-state index contributed by atoms with van der Waals surface area (Å²) >= 11 is 3.10. The fourth-order valence-electron chi connectivity index (χ4n) is 1.24. The molecule has 0 aliphatic rings. The molecule has 0 amide bonds. The van der Waals surface area contributed by atoms with Gasteiger partial charge in [0.05, 0.1) is 4.47 Å². The van der Waals surface area contributed by atoms with Crippen molar-refractivity contribution in [1.29, 1.82) is 0 Å². The molecular weight excluding hydrogens is 289 g/mol. The maximum absolute atomic E-state index is 13.2. The highest BCUT2D eigenvalue weighted by Gasteiger charge is 2.04. The van der Waals surface area contributed by atoms with Gasteiger partial charge in [-0.25, -0.2) is 9.18 Å². The minimum atomic E-state index is -0.941. The molecule has 0 unspecified atom stereocenters. The third-order valence-electron chi connectivity index (χ3n) is 2.31. The first-order valence-electron chi connectivity index (χ1n) is 5.01. The van der Waals surface area contributed by atoms with Gasteiger partial charge < -0.3 is 10.4 Å². The lowest BCUT2D eigenvalue weighted by atomic mass is 10.2. The van der Waals surface area contributed by atoms with Crippen molar-refractivity contribution in [3.05, 3.63) is 39.6 Å². The molecule has 0 saturated carbocycles. The molecule has 17 heavy (non-hydrogen) atoms. The lowest BCUT2D eigenvalue weighted by Gasteiger charge is -2.09. The molecule has 0 fully saturated rings. The molecule has 1 aromatic rings. The molecule has 1 rings (SSSR count). The number of hydrogen-bond donors (Lipinski definition) is 2. The zero-order valence-corrected chi connectivity index (χ0v) is 11.1. The van der Waals surface area contributed by atoms with Crippen molar-refractivity contribution in [3.63, 3.8) is 0 Å². The van der Waals surface area contributed by atoms with E-state index in [9.17, 15) is 9.18 Å². The summed E-state index contributed by atoms with van der Waals surface area (Å²) in [6.07, 6.45) is 1.57. The molecule has 0 atom stereocenters. The molecule has 0 aromatic heterocycles. The Bertz CT molecular complexity index is 472. The Balaban J connectivity index is 2.74. The first kappa shape index (κ1) is 13.7. The molecule has 0 saturated heterocycles. The summed E-state index contributed by atoms with van der Waals surface area (Å²) < 4.78 is 13.5. The van der Waals surface area contributed by atoms with E-state index in [1.807, 2.05) is 0 Å². The number of carboxylic acid groups (broad SMARTS) is 1. The molecule has 1 aromatic carbocycles. The maximum atomic E-state index is 13.2. The van der Waals surface area contributed by atoms with Gasteiger partial charge in [0.2, 0.25) is 0 Å². The number of carboxylic acids is 1. The van der Waals surface area contributed by atoms with Crippen molar-refractivity contribution < 1.29 is 14.3 Å². The van der Waals surface area contributed by atoms with Crippen molar-refractivity contribution in [2.75, 3.05) is 11.9 Å². The molecule has 0 spiro atoms. The van der Waals surface area contributed by atoms with Crippen LogP contribution in [0.5, 0.6) is 0 Å². The molecule has 2 N–H and O–H groups in total. The van der Waals surface area contributed by atoms with Crippen LogP contribution in [0.3, 0.4) is 0 Å². The quantitative estimate of drug-likeness (QED) is 0.839. The van der Waals surface area contributed by atoms with Gasteiger partial charge in [0.1, 0.15) is 5.82 Å². The predicted molar refractivity (Wildman–Crippen MR) is 68.7 cm³/mol. The lowest BCUT2D eigenvalue weighted by Crippen LogP contribution is -2.04. The van der Waals surface area contributed by atoms with E-state index in [0.29, 0.717) is 11.0 Å². The van der Waals surface area contributed by atoms with Crippen molar-refractivity contribution in [1.82, 2.24) is 0 Å². The molecule has 0 aliphatic heterocycles. The van der Waals surface area contributed by atoms with Crippen LogP contribution < -0.4 is 5.32 Å². The van der Waals surface area contributed by atoms with Gasteiger partial charge in [0.25, 0.3) is 0 Å². The summed E-state index contributed by atoms with van der Waals surface area (Å²) in [7, 11) is 0. The summed E-state index contributed by atoms with van der Waals surface area (Å²) in [5.74, 6) is -1.26. The van der Waals surface area contributed by atoms with Crippen LogP contribution in [0.25, 0.3) is 0 Å². The van der Waals surface area contributed by atoms with E-state index in [-0.39, 0.29) is 11.4 Å². The van der Waals surface area contributed by atoms with Crippen LogP contribution in [0.1, 0.15) is 12.5 Å². The molecular formula is C12H13BrFNO2. The zero-order chi connectivity index (χ0) is 13.0. The predicted octanol–water partition coefficient (Wildman–Crippen LogP) is 3.34. The molecule has 0 heterocycles. The Hall–Kier alpha value is -1.36. The Morgan fingerprint density at radius 2 is 2.24 bits per heavy atom. The highest BCUT2D eigenvalue weighted by atomic mass is 79.9. The summed E-state index contributed by atoms with van der Waals surface area (Å²) in [6.45, 7) is 3.69. The number of rotatable bonds is 4. The number of halogens is 2. The van der Waals surface area contributed by atoms with E-state index in [4.69, 9.17) is 5.11 Å². The van der Waals surface area contributed by atoms with E-state index in [1.54, 1.807) is 19.1 Å². The van der Waals surface area contributed by atoms with Crippen LogP contribution in [0, 0.1) is 12.7 Å². The van der Waals surface area contributed by atoms with Crippen molar-refractivity contribution >= 4 is 27.6 Å².